The van der Waals surface area contributed by atoms with E-state index in [1.54, 1.807) is 17.1 Å². The van der Waals surface area contributed by atoms with Gasteiger partial charge in [0.2, 0.25) is 0 Å². The van der Waals surface area contributed by atoms with Crippen LogP contribution in [0.1, 0.15) is 41.6 Å². The first-order valence-corrected chi connectivity index (χ1v) is 10.5. The number of rotatable bonds is 10. The predicted octanol–water partition coefficient (Wildman–Crippen LogP) is 1.98. The summed E-state index contributed by atoms with van der Waals surface area (Å²) >= 11 is 3.08. The molecule has 2 aromatic heterocycles. The fraction of sp³-hybridized carbons (Fsp3) is 0.625. The summed E-state index contributed by atoms with van der Waals surface area (Å²) in [4.78, 5) is 16.4. The normalized spacial score (nSPS) is 11.2. The molecule has 0 atom stereocenters. The van der Waals surface area contributed by atoms with Gasteiger partial charge in [-0.15, -0.1) is 21.5 Å². The molecule has 1 amide bonds. The Kier molecular flexibility index (Phi) is 7.86. The molecule has 0 saturated carbocycles. The highest BCUT2D eigenvalue weighted by Crippen LogP contribution is 2.16. The zero-order valence-electron chi connectivity index (χ0n) is 15.0. The largest absolute Gasteiger partial charge is 0.351 e. The summed E-state index contributed by atoms with van der Waals surface area (Å²) in [7, 11) is 0. The molecule has 0 radical (unpaired) electrons. The molecule has 2 rings (SSSR count). The number of thioether (sulfide) groups is 1. The van der Waals surface area contributed by atoms with Crippen molar-refractivity contribution < 1.29 is 4.79 Å². The Labute approximate surface area is 156 Å². The summed E-state index contributed by atoms with van der Waals surface area (Å²) in [6, 6.07) is 0. The molecule has 0 aliphatic carbocycles. The van der Waals surface area contributed by atoms with E-state index in [1.165, 1.54) is 11.3 Å². The number of amides is 1. The van der Waals surface area contributed by atoms with Crippen molar-refractivity contribution in [2.75, 3.05) is 19.3 Å². The molecule has 7 nitrogen and oxygen atoms in total. The van der Waals surface area contributed by atoms with E-state index in [1.807, 2.05) is 6.26 Å². The lowest BCUT2D eigenvalue weighted by atomic mass is 10.2. The highest BCUT2D eigenvalue weighted by Gasteiger charge is 2.13. The number of aromatic nitrogens is 4. The van der Waals surface area contributed by atoms with Crippen LogP contribution in [-0.2, 0) is 19.4 Å². The summed E-state index contributed by atoms with van der Waals surface area (Å²) in [5, 5.41) is 15.1. The molecule has 0 bridgehead atoms. The third-order valence-corrected chi connectivity index (χ3v) is 5.10. The number of hydrogen-bond donors (Lipinski definition) is 2. The van der Waals surface area contributed by atoms with Crippen LogP contribution in [0.15, 0.2) is 10.5 Å². The monoisotopic (exact) mass is 382 g/mol. The maximum Gasteiger partial charge on any atom is 0.270 e. The molecule has 25 heavy (non-hydrogen) atoms. The maximum atomic E-state index is 12.1. The van der Waals surface area contributed by atoms with Gasteiger partial charge < -0.3 is 15.6 Å². The minimum atomic E-state index is -0.132. The molecule has 2 aromatic rings. The highest BCUT2D eigenvalue weighted by atomic mass is 32.2. The molecule has 0 fully saturated rings. The first-order valence-electron chi connectivity index (χ1n) is 8.43. The number of nitrogens with zero attached hydrogens (tertiary/aromatic N) is 4. The van der Waals surface area contributed by atoms with Crippen LogP contribution in [0.5, 0.6) is 0 Å². The summed E-state index contributed by atoms with van der Waals surface area (Å²) in [6.07, 6.45) is 4.32. The summed E-state index contributed by atoms with van der Waals surface area (Å²) in [5.74, 6) is 1.38. The van der Waals surface area contributed by atoms with Crippen molar-refractivity contribution >= 4 is 29.0 Å². The fourth-order valence-corrected chi connectivity index (χ4v) is 3.71. The van der Waals surface area contributed by atoms with Gasteiger partial charge in [-0.3, -0.25) is 4.79 Å². The number of nitrogens with one attached hydrogen (secondary N) is 1. The van der Waals surface area contributed by atoms with Crippen LogP contribution < -0.4 is 11.1 Å². The van der Waals surface area contributed by atoms with E-state index in [9.17, 15) is 4.79 Å². The van der Waals surface area contributed by atoms with Crippen molar-refractivity contribution in [3.63, 3.8) is 0 Å². The van der Waals surface area contributed by atoms with Gasteiger partial charge in [0, 0.05) is 31.3 Å². The maximum absolute atomic E-state index is 12.1. The third-order valence-electron chi connectivity index (χ3n) is 3.53. The van der Waals surface area contributed by atoms with Crippen molar-refractivity contribution in [2.24, 2.45) is 11.7 Å². The Morgan fingerprint density at radius 3 is 2.88 bits per heavy atom. The van der Waals surface area contributed by atoms with E-state index in [-0.39, 0.29) is 5.91 Å². The molecular weight excluding hydrogens is 356 g/mol. The zero-order valence-corrected chi connectivity index (χ0v) is 16.6. The second-order valence-electron chi connectivity index (χ2n) is 6.13. The Morgan fingerprint density at radius 1 is 1.40 bits per heavy atom. The van der Waals surface area contributed by atoms with E-state index in [2.05, 4.69) is 38.9 Å². The standard InChI is InChI=1S/C16H26N6OS2/c1-11(2)9-22-13(20-21-16(22)24-3)5-4-8-18-15(23)12-10-25-14(19-12)6-7-17/h10-11H,4-9,17H2,1-3H3,(H,18,23). The lowest BCUT2D eigenvalue weighted by Crippen LogP contribution is -2.25. The Morgan fingerprint density at radius 2 is 2.20 bits per heavy atom. The molecule has 0 spiro atoms. The minimum absolute atomic E-state index is 0.132. The fourth-order valence-electron chi connectivity index (χ4n) is 2.40. The Balaban J connectivity index is 1.82. The molecule has 0 unspecified atom stereocenters. The minimum Gasteiger partial charge on any atom is -0.351 e. The topological polar surface area (TPSA) is 98.7 Å². The molecule has 0 saturated heterocycles. The number of thiazole rings is 1. The van der Waals surface area contributed by atoms with Gasteiger partial charge in [0.05, 0.1) is 5.01 Å². The van der Waals surface area contributed by atoms with Crippen LogP contribution >= 0.6 is 23.1 Å². The van der Waals surface area contributed by atoms with E-state index in [4.69, 9.17) is 5.73 Å². The first kappa shape index (κ1) is 19.9. The second-order valence-corrected chi connectivity index (χ2v) is 7.85. The van der Waals surface area contributed by atoms with Crippen molar-refractivity contribution in [2.45, 2.75) is 44.8 Å². The molecule has 9 heteroatoms. The first-order chi connectivity index (χ1) is 12.0. The van der Waals surface area contributed by atoms with Gasteiger partial charge in [0.15, 0.2) is 5.16 Å². The van der Waals surface area contributed by atoms with Gasteiger partial charge in [-0.25, -0.2) is 4.98 Å². The SMILES string of the molecule is CSc1nnc(CCCNC(=O)c2csc(CCN)n2)n1CC(C)C. The van der Waals surface area contributed by atoms with E-state index >= 15 is 0 Å². The van der Waals surface area contributed by atoms with Gasteiger partial charge >= 0.3 is 0 Å². The van der Waals surface area contributed by atoms with Crippen LogP contribution in [0.2, 0.25) is 0 Å². The van der Waals surface area contributed by atoms with Crippen molar-refractivity contribution in [1.29, 1.82) is 0 Å². The van der Waals surface area contributed by atoms with Crippen LogP contribution in [0, 0.1) is 5.92 Å². The predicted molar refractivity (Wildman–Crippen MR) is 102 cm³/mol. The van der Waals surface area contributed by atoms with Crippen LogP contribution in [0.3, 0.4) is 0 Å². The molecule has 3 N–H and O–H groups in total. The number of carbonyl (C=O) groups excluding carboxylic acids is 1. The van der Waals surface area contributed by atoms with Crippen LogP contribution in [-0.4, -0.2) is 45.0 Å². The number of nitrogens with two attached hydrogens (primary N) is 1. The lowest BCUT2D eigenvalue weighted by Gasteiger charge is -2.11. The average molecular weight is 383 g/mol. The molecule has 138 valence electrons. The molecule has 0 aliphatic rings. The Hall–Kier alpha value is -1.45. The van der Waals surface area contributed by atoms with Crippen molar-refractivity contribution in [1.82, 2.24) is 25.1 Å². The van der Waals surface area contributed by atoms with Gasteiger partial charge in [0.1, 0.15) is 11.5 Å². The summed E-state index contributed by atoms with van der Waals surface area (Å²) < 4.78 is 2.18. The van der Waals surface area contributed by atoms with E-state index in [0.29, 0.717) is 31.1 Å². The molecular formula is C16H26N6OS2. The number of hydrogen-bond acceptors (Lipinski definition) is 7. The molecule has 0 aromatic carbocycles. The van der Waals surface area contributed by atoms with Gasteiger partial charge in [-0.05, 0) is 25.1 Å². The summed E-state index contributed by atoms with van der Waals surface area (Å²) in [5.41, 5.74) is 5.98. The zero-order chi connectivity index (χ0) is 18.2. The number of carbonyl (C=O) groups is 1. The molecule has 2 heterocycles. The van der Waals surface area contributed by atoms with Crippen molar-refractivity contribution in [3.05, 3.63) is 21.9 Å². The van der Waals surface area contributed by atoms with Gasteiger partial charge in [-0.1, -0.05) is 25.6 Å². The van der Waals surface area contributed by atoms with Gasteiger partial charge in [-0.2, -0.15) is 0 Å². The van der Waals surface area contributed by atoms with E-state index < -0.39 is 0 Å². The number of aryl methyl sites for hydroxylation is 1. The van der Waals surface area contributed by atoms with Crippen molar-refractivity contribution in [3.8, 4) is 0 Å². The second kappa shape index (κ2) is 9.88. The smallest absolute Gasteiger partial charge is 0.270 e. The van der Waals surface area contributed by atoms with Crippen LogP contribution in [0.25, 0.3) is 0 Å². The third kappa shape index (κ3) is 5.79. The molecule has 0 aliphatic heterocycles. The Bertz CT molecular complexity index is 682. The average Bonchev–Trinajstić information content (AvgIpc) is 3.19. The van der Waals surface area contributed by atoms with E-state index in [0.717, 1.165) is 35.4 Å². The van der Waals surface area contributed by atoms with Gasteiger partial charge in [0.25, 0.3) is 5.91 Å². The highest BCUT2D eigenvalue weighted by molar-refractivity contribution is 7.98. The van der Waals surface area contributed by atoms with Crippen LogP contribution in [0.4, 0.5) is 0 Å². The summed E-state index contributed by atoms with van der Waals surface area (Å²) in [6.45, 7) is 6.41. The lowest BCUT2D eigenvalue weighted by molar-refractivity contribution is 0.0948. The quantitative estimate of drug-likeness (QED) is 0.481.